The van der Waals surface area contributed by atoms with Crippen LogP contribution in [0.25, 0.3) is 0 Å². The molecule has 0 aromatic heterocycles. The Morgan fingerprint density at radius 2 is 1.49 bits per heavy atom. The standard InChI is InChI=1S/C39H53N3O5/c1-9-10-11-12-13-23-42(37(45)33(40-38(46)47-39(6,7)8)25-30-18-20-31(43)21-19-30)35(32-22-17-26(2)24-29(32)5)36(44)41-34-27(3)15-14-16-28(34)4/h14-22,24,33,35,43H,9-13,23,25H2,1-8H3,(H,40,46)(H,41,44). The number of amides is 3. The van der Waals surface area contributed by atoms with Crippen molar-refractivity contribution in [3.05, 3.63) is 94.0 Å². The van der Waals surface area contributed by atoms with Crippen molar-refractivity contribution >= 4 is 23.6 Å². The molecule has 0 radical (unpaired) electrons. The number of phenolic OH excluding ortho intramolecular Hbond substituents is 1. The number of hydrogen-bond donors (Lipinski definition) is 3. The van der Waals surface area contributed by atoms with E-state index in [-0.39, 0.29) is 24.0 Å². The second-order valence-corrected chi connectivity index (χ2v) is 13.5. The second kappa shape index (κ2) is 17.0. The highest BCUT2D eigenvalue weighted by molar-refractivity contribution is 6.00. The molecule has 3 rings (SSSR count). The largest absolute Gasteiger partial charge is 0.508 e. The van der Waals surface area contributed by atoms with Crippen molar-refractivity contribution in [2.75, 3.05) is 11.9 Å². The van der Waals surface area contributed by atoms with Crippen molar-refractivity contribution in [2.45, 2.75) is 112 Å². The first-order valence-electron chi connectivity index (χ1n) is 16.7. The van der Waals surface area contributed by atoms with Gasteiger partial charge in [-0.05, 0) is 94.8 Å². The van der Waals surface area contributed by atoms with Crippen LogP contribution in [0.5, 0.6) is 5.75 Å². The van der Waals surface area contributed by atoms with E-state index >= 15 is 0 Å². The van der Waals surface area contributed by atoms with E-state index in [2.05, 4.69) is 17.6 Å². The van der Waals surface area contributed by atoms with Gasteiger partial charge in [-0.3, -0.25) is 9.59 Å². The normalized spacial score (nSPS) is 12.6. The Morgan fingerprint density at radius 3 is 2.09 bits per heavy atom. The van der Waals surface area contributed by atoms with Gasteiger partial charge in [0.15, 0.2) is 0 Å². The van der Waals surface area contributed by atoms with Gasteiger partial charge in [-0.2, -0.15) is 0 Å². The summed E-state index contributed by atoms with van der Waals surface area (Å²) in [4.78, 5) is 44.1. The fraction of sp³-hybridized carbons (Fsp3) is 0.462. The Hall–Kier alpha value is -4.33. The summed E-state index contributed by atoms with van der Waals surface area (Å²) in [5.74, 6) is -0.610. The van der Waals surface area contributed by atoms with Crippen LogP contribution in [0.3, 0.4) is 0 Å². The Bertz CT molecular complexity index is 1490. The number of rotatable bonds is 14. The predicted octanol–water partition coefficient (Wildman–Crippen LogP) is 8.24. The number of nitrogens with zero attached hydrogens (tertiary/aromatic N) is 1. The molecule has 3 amide bonds. The van der Waals surface area contributed by atoms with Crippen LogP contribution in [0.4, 0.5) is 10.5 Å². The molecule has 0 spiro atoms. The number of unbranched alkanes of at least 4 members (excludes halogenated alkanes) is 4. The molecule has 3 aromatic carbocycles. The lowest BCUT2D eigenvalue weighted by atomic mass is 9.95. The van der Waals surface area contributed by atoms with Gasteiger partial charge < -0.3 is 25.4 Å². The highest BCUT2D eigenvalue weighted by Gasteiger charge is 2.37. The SMILES string of the molecule is CCCCCCCN(C(=O)C(Cc1ccc(O)cc1)NC(=O)OC(C)(C)C)C(C(=O)Nc1c(C)cccc1C)c1ccc(C)cc1C. The van der Waals surface area contributed by atoms with Crippen LogP contribution >= 0.6 is 0 Å². The van der Waals surface area contributed by atoms with Crippen molar-refractivity contribution in [3.63, 3.8) is 0 Å². The number of hydrogen-bond acceptors (Lipinski definition) is 5. The molecule has 2 unspecified atom stereocenters. The van der Waals surface area contributed by atoms with Crippen LogP contribution in [0, 0.1) is 27.7 Å². The highest BCUT2D eigenvalue weighted by Crippen LogP contribution is 2.30. The second-order valence-electron chi connectivity index (χ2n) is 13.5. The molecule has 8 nitrogen and oxygen atoms in total. The maximum Gasteiger partial charge on any atom is 0.408 e. The van der Waals surface area contributed by atoms with Gasteiger partial charge in [-0.15, -0.1) is 0 Å². The molecule has 2 atom stereocenters. The number of carbonyl (C=O) groups excluding carboxylic acids is 3. The summed E-state index contributed by atoms with van der Waals surface area (Å²) in [5, 5.41) is 15.9. The van der Waals surface area contributed by atoms with Crippen molar-refractivity contribution in [3.8, 4) is 5.75 Å². The summed E-state index contributed by atoms with van der Waals surface area (Å²) in [6.45, 7) is 15.6. The van der Waals surface area contributed by atoms with Gasteiger partial charge in [0.25, 0.3) is 5.91 Å². The smallest absolute Gasteiger partial charge is 0.408 e. The van der Waals surface area contributed by atoms with Crippen molar-refractivity contribution < 1.29 is 24.2 Å². The third kappa shape index (κ3) is 11.2. The van der Waals surface area contributed by atoms with E-state index in [0.29, 0.717) is 13.0 Å². The first-order valence-corrected chi connectivity index (χ1v) is 16.7. The topological polar surface area (TPSA) is 108 Å². The number of aromatic hydroxyl groups is 1. The van der Waals surface area contributed by atoms with E-state index in [1.165, 1.54) is 0 Å². The summed E-state index contributed by atoms with van der Waals surface area (Å²) in [5.41, 5.74) is 5.20. The van der Waals surface area contributed by atoms with Gasteiger partial charge in [0.05, 0.1) is 0 Å². The number of alkyl carbamates (subject to hydrolysis) is 1. The first-order chi connectivity index (χ1) is 22.2. The van der Waals surface area contributed by atoms with Gasteiger partial charge in [0, 0.05) is 18.7 Å². The summed E-state index contributed by atoms with van der Waals surface area (Å²) < 4.78 is 5.57. The minimum atomic E-state index is -1.04. The van der Waals surface area contributed by atoms with Crippen LogP contribution in [-0.2, 0) is 20.7 Å². The Labute approximate surface area is 280 Å². The highest BCUT2D eigenvalue weighted by atomic mass is 16.6. The number of ether oxygens (including phenoxy) is 1. The molecule has 0 aliphatic carbocycles. The summed E-state index contributed by atoms with van der Waals surface area (Å²) >= 11 is 0. The van der Waals surface area contributed by atoms with Crippen molar-refractivity contribution in [1.29, 1.82) is 0 Å². The van der Waals surface area contributed by atoms with E-state index < -0.39 is 23.8 Å². The lowest BCUT2D eigenvalue weighted by Crippen LogP contribution is -2.53. The van der Waals surface area contributed by atoms with E-state index in [1.807, 2.05) is 64.1 Å². The number of para-hydroxylation sites is 1. The summed E-state index contributed by atoms with van der Waals surface area (Å²) in [7, 11) is 0. The van der Waals surface area contributed by atoms with Gasteiger partial charge in [-0.25, -0.2) is 4.79 Å². The van der Waals surface area contributed by atoms with E-state index in [9.17, 15) is 19.5 Å². The fourth-order valence-electron chi connectivity index (χ4n) is 5.76. The van der Waals surface area contributed by atoms with Crippen LogP contribution in [0.1, 0.15) is 99.2 Å². The molecule has 3 N–H and O–H groups in total. The van der Waals surface area contributed by atoms with E-state index in [1.54, 1.807) is 49.9 Å². The Morgan fingerprint density at radius 1 is 0.851 bits per heavy atom. The number of benzene rings is 3. The Balaban J connectivity index is 2.13. The number of aryl methyl sites for hydroxylation is 4. The molecule has 254 valence electrons. The molecule has 8 heteroatoms. The van der Waals surface area contributed by atoms with Crippen molar-refractivity contribution in [1.82, 2.24) is 10.2 Å². The molecule has 0 saturated heterocycles. The number of anilines is 1. The third-order valence-electron chi connectivity index (χ3n) is 8.16. The molecule has 47 heavy (non-hydrogen) atoms. The van der Waals surface area contributed by atoms with Gasteiger partial charge in [0.1, 0.15) is 23.4 Å². The molecule has 0 heterocycles. The molecule has 0 fully saturated rings. The zero-order valence-electron chi connectivity index (χ0n) is 29.4. The summed E-state index contributed by atoms with van der Waals surface area (Å²) in [6, 6.07) is 16.3. The molecular weight excluding hydrogens is 590 g/mol. The maximum atomic E-state index is 14.8. The molecule has 0 aliphatic rings. The minimum Gasteiger partial charge on any atom is -0.508 e. The lowest BCUT2D eigenvalue weighted by molar-refractivity contribution is -0.140. The molecule has 0 saturated carbocycles. The molecule has 0 bridgehead atoms. The predicted molar refractivity (Wildman–Crippen MR) is 189 cm³/mol. The monoisotopic (exact) mass is 643 g/mol. The van der Waals surface area contributed by atoms with E-state index in [0.717, 1.165) is 64.8 Å². The van der Waals surface area contributed by atoms with Crippen LogP contribution in [0.2, 0.25) is 0 Å². The minimum absolute atomic E-state index is 0.100. The average Bonchev–Trinajstić information content (AvgIpc) is 2.98. The van der Waals surface area contributed by atoms with Crippen LogP contribution in [-0.4, -0.2) is 46.1 Å². The summed E-state index contributed by atoms with van der Waals surface area (Å²) in [6.07, 6.45) is 4.21. The number of nitrogens with one attached hydrogen (secondary N) is 2. The van der Waals surface area contributed by atoms with Gasteiger partial charge in [0.2, 0.25) is 5.91 Å². The fourth-order valence-corrected chi connectivity index (χ4v) is 5.76. The van der Waals surface area contributed by atoms with Crippen LogP contribution in [0.15, 0.2) is 60.7 Å². The lowest BCUT2D eigenvalue weighted by Gasteiger charge is -2.35. The number of phenols is 1. The van der Waals surface area contributed by atoms with Gasteiger partial charge in [-0.1, -0.05) is 86.7 Å². The van der Waals surface area contributed by atoms with Gasteiger partial charge >= 0.3 is 6.09 Å². The Kier molecular flexibility index (Phi) is 13.4. The zero-order chi connectivity index (χ0) is 34.7. The molecule has 3 aromatic rings. The molecular formula is C39H53N3O5. The van der Waals surface area contributed by atoms with Crippen LogP contribution < -0.4 is 10.6 Å². The van der Waals surface area contributed by atoms with E-state index in [4.69, 9.17) is 4.74 Å². The quantitative estimate of drug-likeness (QED) is 0.153. The zero-order valence-corrected chi connectivity index (χ0v) is 29.4. The van der Waals surface area contributed by atoms with Crippen molar-refractivity contribution in [2.24, 2.45) is 0 Å². The number of carbonyl (C=O) groups is 3. The average molecular weight is 644 g/mol. The maximum absolute atomic E-state index is 14.8. The first kappa shape index (κ1) is 37.1. The third-order valence-corrected chi connectivity index (χ3v) is 8.16. The molecule has 0 aliphatic heterocycles.